The molecule has 0 amide bonds. The Balaban J connectivity index is 0.988. The molecule has 11 aromatic carbocycles. The molecule has 3 nitrogen and oxygen atoms in total. The maximum absolute atomic E-state index is 7.26. The second-order valence-corrected chi connectivity index (χ2v) is 20.0. The van der Waals surface area contributed by atoms with E-state index in [0.29, 0.717) is 0 Å². The lowest BCUT2D eigenvalue weighted by atomic mass is 9.58. The van der Waals surface area contributed by atoms with E-state index >= 15 is 0 Å². The van der Waals surface area contributed by atoms with Gasteiger partial charge in [0.05, 0.1) is 16.4 Å². The average molecular weight is 907 g/mol. The van der Waals surface area contributed by atoms with Crippen LogP contribution in [0.5, 0.6) is 11.5 Å². The number of para-hydroxylation sites is 3. The van der Waals surface area contributed by atoms with Gasteiger partial charge in [-0.1, -0.05) is 190 Å². The zero-order valence-electron chi connectivity index (χ0n) is 39.4. The highest BCUT2D eigenvalue weighted by Crippen LogP contribution is 2.62. The molecule has 1 aromatic heterocycles. The Labute approximate surface area is 413 Å². The van der Waals surface area contributed by atoms with Crippen molar-refractivity contribution in [2.75, 3.05) is 4.90 Å². The zero-order valence-corrected chi connectivity index (χ0v) is 39.4. The molecule has 0 N–H and O–H groups in total. The fraction of sp³-hybridized carbons (Fsp3) is 0.0588. The van der Waals surface area contributed by atoms with Crippen molar-refractivity contribution in [3.05, 3.63) is 276 Å². The van der Waals surface area contributed by atoms with Crippen LogP contribution in [0.1, 0.15) is 47.2 Å². The minimum atomic E-state index is -0.673. The van der Waals surface area contributed by atoms with E-state index in [1.807, 2.05) is 0 Å². The van der Waals surface area contributed by atoms with Gasteiger partial charge >= 0.3 is 0 Å². The Morgan fingerprint density at radius 1 is 0.352 bits per heavy atom. The van der Waals surface area contributed by atoms with E-state index < -0.39 is 5.41 Å². The predicted molar refractivity (Wildman–Crippen MR) is 293 cm³/mol. The number of aromatic nitrogens is 1. The molecule has 1 spiro atoms. The number of benzene rings is 11. The van der Waals surface area contributed by atoms with Gasteiger partial charge in [0.15, 0.2) is 0 Å². The van der Waals surface area contributed by atoms with Crippen LogP contribution in [0.25, 0.3) is 71.6 Å². The summed E-state index contributed by atoms with van der Waals surface area (Å²) in [5.41, 5.74) is 20.9. The zero-order chi connectivity index (χ0) is 47.0. The Bertz CT molecular complexity index is 4180. The van der Waals surface area contributed by atoms with Gasteiger partial charge in [-0.3, -0.25) is 0 Å². The third kappa shape index (κ3) is 5.49. The van der Waals surface area contributed by atoms with Gasteiger partial charge in [0.2, 0.25) is 0 Å². The van der Waals surface area contributed by atoms with Crippen molar-refractivity contribution in [1.82, 2.24) is 4.57 Å². The van der Waals surface area contributed by atoms with Crippen LogP contribution in [-0.2, 0) is 10.8 Å². The van der Waals surface area contributed by atoms with Crippen LogP contribution < -0.4 is 9.64 Å². The van der Waals surface area contributed by atoms with Crippen molar-refractivity contribution in [2.24, 2.45) is 0 Å². The van der Waals surface area contributed by atoms with Crippen LogP contribution in [0.4, 0.5) is 17.1 Å². The number of hydrogen-bond donors (Lipinski definition) is 0. The van der Waals surface area contributed by atoms with E-state index in [9.17, 15) is 0 Å². The number of hydrogen-bond acceptors (Lipinski definition) is 2. The van der Waals surface area contributed by atoms with Gasteiger partial charge in [0, 0.05) is 56.1 Å². The summed E-state index contributed by atoms with van der Waals surface area (Å²) in [7, 11) is 0. The number of ether oxygens (including phenoxy) is 1. The first-order chi connectivity index (χ1) is 35.0. The third-order valence-electron chi connectivity index (χ3n) is 16.0. The number of fused-ring (bicyclic) bond motifs is 14. The summed E-state index contributed by atoms with van der Waals surface area (Å²) in [5.74, 6) is 1.71. The normalized spacial score (nSPS) is 15.5. The molecule has 1 atom stereocenters. The van der Waals surface area contributed by atoms with Crippen molar-refractivity contribution in [2.45, 2.75) is 24.7 Å². The lowest BCUT2D eigenvalue weighted by molar-refractivity contribution is 0.435. The second kappa shape index (κ2) is 14.8. The summed E-state index contributed by atoms with van der Waals surface area (Å²) in [6.45, 7) is 4.73. The van der Waals surface area contributed by atoms with Crippen molar-refractivity contribution >= 4 is 49.6 Å². The standard InChI is InChI=1S/C68H46N2O/c1-67(2)56-27-12-9-22-49(56)51-35-32-46(41-61(51)67)69(45-34-39-63-55(40-45)52-24-11-15-30-62(52)70(63)44-20-7-4-8-21-44)47-33-37-59-65(42-47)71-64-31-16-14-29-58(64)68(59)57-28-13-10-23-50(57)54-26-17-25-53-48(36-38-60(68)66(53)54)43-18-5-3-6-19-43/h3-42H,1-2H3. The molecular weight excluding hydrogens is 861 g/mol. The third-order valence-corrected chi connectivity index (χ3v) is 16.0. The van der Waals surface area contributed by atoms with E-state index in [0.717, 1.165) is 45.4 Å². The van der Waals surface area contributed by atoms with E-state index in [1.165, 1.54) is 88.2 Å². The first-order valence-corrected chi connectivity index (χ1v) is 24.7. The van der Waals surface area contributed by atoms with Crippen LogP contribution in [0.15, 0.2) is 243 Å². The molecule has 0 bridgehead atoms. The molecule has 0 radical (unpaired) electrons. The molecule has 0 saturated carbocycles. The molecule has 2 heterocycles. The fourth-order valence-electron chi connectivity index (χ4n) is 13.0. The van der Waals surface area contributed by atoms with Gasteiger partial charge in [-0.25, -0.2) is 0 Å². The fourth-order valence-corrected chi connectivity index (χ4v) is 13.0. The maximum Gasteiger partial charge on any atom is 0.134 e. The monoisotopic (exact) mass is 906 g/mol. The number of anilines is 3. The van der Waals surface area contributed by atoms with Gasteiger partial charge in [0.25, 0.3) is 0 Å². The molecule has 0 fully saturated rings. The topological polar surface area (TPSA) is 17.4 Å². The first kappa shape index (κ1) is 40.0. The highest BCUT2D eigenvalue weighted by atomic mass is 16.5. The molecule has 334 valence electrons. The molecule has 15 rings (SSSR count). The Morgan fingerprint density at radius 2 is 0.915 bits per heavy atom. The van der Waals surface area contributed by atoms with Gasteiger partial charge in [0.1, 0.15) is 11.5 Å². The minimum Gasteiger partial charge on any atom is -0.457 e. The number of nitrogens with zero attached hydrogens (tertiary/aromatic N) is 2. The van der Waals surface area contributed by atoms with E-state index in [-0.39, 0.29) is 5.41 Å². The van der Waals surface area contributed by atoms with Crippen LogP contribution in [0.3, 0.4) is 0 Å². The summed E-state index contributed by atoms with van der Waals surface area (Å²) in [6, 6.07) is 89.7. The summed E-state index contributed by atoms with van der Waals surface area (Å²) in [6.07, 6.45) is 0. The van der Waals surface area contributed by atoms with Crippen molar-refractivity contribution in [3.8, 4) is 50.6 Å². The lowest BCUT2D eigenvalue weighted by Crippen LogP contribution is -2.36. The van der Waals surface area contributed by atoms with Gasteiger partial charge in [-0.05, 0) is 127 Å². The molecule has 2 aliphatic carbocycles. The Kier molecular flexibility index (Phi) is 8.34. The highest BCUT2D eigenvalue weighted by molar-refractivity contribution is 6.12. The van der Waals surface area contributed by atoms with Crippen LogP contribution in [-0.4, -0.2) is 4.57 Å². The summed E-state index contributed by atoms with van der Waals surface area (Å²) < 4.78 is 9.65. The average Bonchev–Trinajstić information content (AvgIpc) is 3.87. The maximum atomic E-state index is 7.26. The first-order valence-electron chi connectivity index (χ1n) is 24.7. The Morgan fingerprint density at radius 3 is 1.76 bits per heavy atom. The van der Waals surface area contributed by atoms with Crippen LogP contribution in [0.2, 0.25) is 0 Å². The molecule has 71 heavy (non-hydrogen) atoms. The summed E-state index contributed by atoms with van der Waals surface area (Å²) in [5, 5.41) is 4.94. The van der Waals surface area contributed by atoms with Gasteiger partial charge in [-0.15, -0.1) is 0 Å². The molecule has 0 saturated heterocycles. The van der Waals surface area contributed by atoms with E-state index in [1.54, 1.807) is 0 Å². The lowest BCUT2D eigenvalue weighted by Gasteiger charge is -2.45. The highest BCUT2D eigenvalue weighted by Gasteiger charge is 2.50. The summed E-state index contributed by atoms with van der Waals surface area (Å²) >= 11 is 0. The van der Waals surface area contributed by atoms with Crippen molar-refractivity contribution in [3.63, 3.8) is 0 Å². The molecule has 1 unspecified atom stereocenters. The van der Waals surface area contributed by atoms with Gasteiger partial charge < -0.3 is 14.2 Å². The molecule has 3 aliphatic rings. The Hall–Kier alpha value is -8.92. The van der Waals surface area contributed by atoms with Crippen molar-refractivity contribution < 1.29 is 4.74 Å². The number of rotatable bonds is 5. The predicted octanol–water partition coefficient (Wildman–Crippen LogP) is 17.8. The van der Waals surface area contributed by atoms with E-state index in [2.05, 4.69) is 266 Å². The smallest absolute Gasteiger partial charge is 0.134 e. The summed E-state index contributed by atoms with van der Waals surface area (Å²) in [4.78, 5) is 2.45. The minimum absolute atomic E-state index is 0.179. The molecule has 1 aliphatic heterocycles. The largest absolute Gasteiger partial charge is 0.457 e. The SMILES string of the molecule is CC1(C)c2ccccc2-c2ccc(N(c3ccc4c(c3)Oc3ccccc3C43c4ccccc4-c4cccc5c(-c6ccccc6)ccc3c45)c3ccc4c(c3)c3ccccc3n4-c3ccccc3)cc21. The second-order valence-electron chi connectivity index (χ2n) is 20.0. The molecular formula is C68H46N2O. The molecule has 12 aromatic rings. The van der Waals surface area contributed by atoms with Crippen molar-refractivity contribution in [1.29, 1.82) is 0 Å². The van der Waals surface area contributed by atoms with E-state index in [4.69, 9.17) is 4.74 Å². The van der Waals surface area contributed by atoms with Gasteiger partial charge in [-0.2, -0.15) is 0 Å². The molecule has 3 heteroatoms. The quantitative estimate of drug-likeness (QED) is 0.171. The van der Waals surface area contributed by atoms with Crippen LogP contribution >= 0.6 is 0 Å². The van der Waals surface area contributed by atoms with Crippen LogP contribution in [0, 0.1) is 0 Å².